The van der Waals surface area contributed by atoms with Crippen molar-refractivity contribution in [2.45, 2.75) is 31.7 Å². The maximum absolute atomic E-state index is 12.4. The van der Waals surface area contributed by atoms with E-state index in [0.29, 0.717) is 13.1 Å². The van der Waals surface area contributed by atoms with E-state index >= 15 is 0 Å². The fourth-order valence-electron chi connectivity index (χ4n) is 1.94. The van der Waals surface area contributed by atoms with Crippen LogP contribution in [0.4, 0.5) is 0 Å². The topological polar surface area (TPSA) is 96.5 Å². The number of methoxy groups -OCH3 is 1. The highest BCUT2D eigenvalue weighted by Crippen LogP contribution is 2.25. The highest BCUT2D eigenvalue weighted by atomic mass is 32.2. The molecule has 0 fully saturated rings. The molecule has 0 unspecified atom stereocenters. The summed E-state index contributed by atoms with van der Waals surface area (Å²) >= 11 is 0. The highest BCUT2D eigenvalue weighted by Gasteiger charge is 2.22. The number of rotatable bonds is 9. The summed E-state index contributed by atoms with van der Waals surface area (Å²) in [6.45, 7) is 7.36. The van der Waals surface area contributed by atoms with Crippen LogP contribution in [-0.4, -0.2) is 47.1 Å². The molecule has 3 N–H and O–H groups in total. The Morgan fingerprint density at radius 1 is 1.26 bits per heavy atom. The van der Waals surface area contributed by atoms with E-state index < -0.39 is 10.0 Å². The van der Waals surface area contributed by atoms with E-state index in [1.807, 2.05) is 6.92 Å². The van der Waals surface area contributed by atoms with Crippen molar-refractivity contribution in [1.29, 1.82) is 0 Å². The molecule has 7 nitrogen and oxygen atoms in total. The van der Waals surface area contributed by atoms with Crippen LogP contribution in [0.5, 0.6) is 5.75 Å². The average molecular weight is 343 g/mol. The largest absolute Gasteiger partial charge is 0.495 e. The van der Waals surface area contributed by atoms with Crippen molar-refractivity contribution in [2.24, 2.45) is 0 Å². The van der Waals surface area contributed by atoms with E-state index in [9.17, 15) is 13.2 Å². The minimum atomic E-state index is -3.75. The van der Waals surface area contributed by atoms with Gasteiger partial charge in [0, 0.05) is 24.7 Å². The summed E-state index contributed by atoms with van der Waals surface area (Å²) in [5.41, 5.74) is 0.270. The predicted molar refractivity (Wildman–Crippen MR) is 89.3 cm³/mol. The zero-order valence-corrected chi connectivity index (χ0v) is 14.8. The van der Waals surface area contributed by atoms with Crippen molar-refractivity contribution in [3.63, 3.8) is 0 Å². The second-order valence-corrected chi connectivity index (χ2v) is 6.93. The molecule has 1 aromatic carbocycles. The van der Waals surface area contributed by atoms with Gasteiger partial charge in [0.15, 0.2) is 0 Å². The monoisotopic (exact) mass is 343 g/mol. The van der Waals surface area contributed by atoms with E-state index in [1.165, 1.54) is 25.3 Å². The lowest BCUT2D eigenvalue weighted by Crippen LogP contribution is -2.32. The van der Waals surface area contributed by atoms with Gasteiger partial charge in [0.1, 0.15) is 10.6 Å². The summed E-state index contributed by atoms with van der Waals surface area (Å²) in [6.07, 6.45) is 0. The number of likely N-dealkylation sites (N-methyl/N-ethyl adjacent to an activating group) is 1. The molecule has 0 aliphatic rings. The molecule has 8 heteroatoms. The van der Waals surface area contributed by atoms with Gasteiger partial charge in [-0.15, -0.1) is 0 Å². The van der Waals surface area contributed by atoms with Crippen molar-refractivity contribution >= 4 is 15.9 Å². The molecule has 0 radical (unpaired) electrons. The number of ether oxygens (including phenoxy) is 1. The fourth-order valence-corrected chi connectivity index (χ4v) is 3.39. The van der Waals surface area contributed by atoms with Gasteiger partial charge in [0.2, 0.25) is 10.0 Å². The predicted octanol–water partition coefficient (Wildman–Crippen LogP) is 0.721. The number of hydrogen-bond donors (Lipinski definition) is 3. The van der Waals surface area contributed by atoms with Gasteiger partial charge in [-0.3, -0.25) is 4.79 Å². The van der Waals surface area contributed by atoms with Crippen LogP contribution in [0.1, 0.15) is 31.1 Å². The maximum Gasteiger partial charge on any atom is 0.251 e. The zero-order valence-electron chi connectivity index (χ0n) is 14.0. The molecule has 0 atom stereocenters. The van der Waals surface area contributed by atoms with Crippen LogP contribution in [0.3, 0.4) is 0 Å². The molecule has 1 rings (SSSR count). The molecule has 0 aliphatic carbocycles. The lowest BCUT2D eigenvalue weighted by atomic mass is 10.2. The average Bonchev–Trinajstić information content (AvgIpc) is 2.49. The van der Waals surface area contributed by atoms with Crippen molar-refractivity contribution in [1.82, 2.24) is 15.4 Å². The summed E-state index contributed by atoms with van der Waals surface area (Å²) in [5, 5.41) is 5.82. The lowest BCUT2D eigenvalue weighted by molar-refractivity contribution is 0.0953. The first kappa shape index (κ1) is 19.4. The number of nitrogens with one attached hydrogen (secondary N) is 3. The molecule has 0 bridgehead atoms. The van der Waals surface area contributed by atoms with Crippen LogP contribution in [0.25, 0.3) is 0 Å². The summed E-state index contributed by atoms with van der Waals surface area (Å²) in [4.78, 5) is 12.1. The summed E-state index contributed by atoms with van der Waals surface area (Å²) < 4.78 is 32.3. The van der Waals surface area contributed by atoms with E-state index in [1.54, 1.807) is 13.8 Å². The Morgan fingerprint density at radius 3 is 2.52 bits per heavy atom. The second kappa shape index (κ2) is 8.85. The van der Waals surface area contributed by atoms with Gasteiger partial charge >= 0.3 is 0 Å². The van der Waals surface area contributed by atoms with Crippen molar-refractivity contribution in [3.8, 4) is 5.75 Å². The van der Waals surface area contributed by atoms with Crippen LogP contribution in [-0.2, 0) is 10.0 Å². The number of hydrogen-bond acceptors (Lipinski definition) is 5. The molecular weight excluding hydrogens is 318 g/mol. The first-order valence-corrected chi connectivity index (χ1v) is 8.99. The van der Waals surface area contributed by atoms with E-state index in [-0.39, 0.29) is 28.2 Å². The molecule has 0 saturated heterocycles. The quantitative estimate of drug-likeness (QED) is 0.574. The van der Waals surface area contributed by atoms with Gasteiger partial charge in [-0.05, 0) is 38.6 Å². The second-order valence-electron chi connectivity index (χ2n) is 5.25. The van der Waals surface area contributed by atoms with Gasteiger partial charge in [-0.25, -0.2) is 13.1 Å². The van der Waals surface area contributed by atoms with Crippen LogP contribution < -0.4 is 20.1 Å². The van der Waals surface area contributed by atoms with Gasteiger partial charge < -0.3 is 15.4 Å². The minimum Gasteiger partial charge on any atom is -0.495 e. The smallest absolute Gasteiger partial charge is 0.251 e. The number of sulfonamides is 1. The number of benzene rings is 1. The summed E-state index contributed by atoms with van der Waals surface area (Å²) in [7, 11) is -2.37. The SMILES string of the molecule is CCNCCNC(=O)c1ccc(OC)c(S(=O)(=O)NC(C)C)c1. The van der Waals surface area contributed by atoms with Crippen LogP contribution in [0, 0.1) is 0 Å². The van der Waals surface area contributed by atoms with Crippen LogP contribution in [0.15, 0.2) is 23.1 Å². The van der Waals surface area contributed by atoms with Crippen molar-refractivity contribution in [3.05, 3.63) is 23.8 Å². The normalized spacial score (nSPS) is 11.5. The van der Waals surface area contributed by atoms with E-state index in [4.69, 9.17) is 4.74 Å². The Morgan fingerprint density at radius 2 is 1.96 bits per heavy atom. The molecule has 130 valence electrons. The van der Waals surface area contributed by atoms with Crippen molar-refractivity contribution in [2.75, 3.05) is 26.7 Å². The van der Waals surface area contributed by atoms with Crippen LogP contribution >= 0.6 is 0 Å². The highest BCUT2D eigenvalue weighted by molar-refractivity contribution is 7.89. The Labute approximate surface area is 137 Å². The molecule has 1 amide bonds. The molecule has 0 aliphatic heterocycles. The summed E-state index contributed by atoms with van der Waals surface area (Å²) in [6, 6.07) is 4.08. The zero-order chi connectivity index (χ0) is 17.5. The lowest BCUT2D eigenvalue weighted by Gasteiger charge is -2.14. The van der Waals surface area contributed by atoms with E-state index in [2.05, 4.69) is 15.4 Å². The molecule has 23 heavy (non-hydrogen) atoms. The number of carbonyl (C=O) groups excluding carboxylic acids is 1. The standard InChI is InChI=1S/C15H25N3O4S/c1-5-16-8-9-17-15(19)12-6-7-13(22-4)14(10-12)23(20,21)18-11(2)3/h6-7,10-11,16,18H,5,8-9H2,1-4H3,(H,17,19). The molecular formula is C15H25N3O4S. The van der Waals surface area contributed by atoms with Gasteiger partial charge in [0.05, 0.1) is 7.11 Å². The molecule has 0 saturated carbocycles. The first-order chi connectivity index (χ1) is 10.8. The maximum atomic E-state index is 12.4. The third-order valence-corrected chi connectivity index (χ3v) is 4.62. The molecule has 1 aromatic rings. The van der Waals surface area contributed by atoms with Gasteiger partial charge in [-0.1, -0.05) is 6.92 Å². The molecule has 0 heterocycles. The number of carbonyl (C=O) groups is 1. The Bertz CT molecular complexity index is 630. The minimum absolute atomic E-state index is 0.0481. The van der Waals surface area contributed by atoms with Crippen molar-refractivity contribution < 1.29 is 17.9 Å². The Kier molecular flexibility index (Phi) is 7.47. The fraction of sp³-hybridized carbons (Fsp3) is 0.533. The molecule has 0 aromatic heterocycles. The number of amides is 1. The third kappa shape index (κ3) is 5.81. The third-order valence-electron chi connectivity index (χ3n) is 2.94. The first-order valence-electron chi connectivity index (χ1n) is 7.51. The molecule has 0 spiro atoms. The van der Waals surface area contributed by atoms with Gasteiger partial charge in [0.25, 0.3) is 5.91 Å². The Hall–Kier alpha value is -1.64. The Balaban J connectivity index is 3.01. The van der Waals surface area contributed by atoms with Crippen LogP contribution in [0.2, 0.25) is 0 Å². The van der Waals surface area contributed by atoms with Gasteiger partial charge in [-0.2, -0.15) is 0 Å². The summed E-state index contributed by atoms with van der Waals surface area (Å²) in [5.74, 6) is -0.131. The van der Waals surface area contributed by atoms with E-state index in [0.717, 1.165) is 6.54 Å².